The summed E-state index contributed by atoms with van der Waals surface area (Å²) in [6.07, 6.45) is 0. The molecule has 5 heteroatoms. The minimum Gasteiger partial charge on any atom is -0.459 e. The van der Waals surface area contributed by atoms with E-state index in [4.69, 9.17) is 27.6 Å². The van der Waals surface area contributed by atoms with Crippen molar-refractivity contribution in [2.45, 2.75) is 13.0 Å². The van der Waals surface area contributed by atoms with E-state index in [1.165, 1.54) is 0 Å². The average molecular weight is 326 g/mol. The highest BCUT2D eigenvalue weighted by Gasteiger charge is 2.19. The van der Waals surface area contributed by atoms with Crippen molar-refractivity contribution in [3.63, 3.8) is 0 Å². The van der Waals surface area contributed by atoms with Gasteiger partial charge in [-0.3, -0.25) is 0 Å². The van der Waals surface area contributed by atoms with Gasteiger partial charge in [0.25, 0.3) is 0 Å². The minimum absolute atomic E-state index is 0.0173. The van der Waals surface area contributed by atoms with Crippen molar-refractivity contribution in [3.05, 3.63) is 56.4 Å². The van der Waals surface area contributed by atoms with Gasteiger partial charge in [0.05, 0.1) is 4.34 Å². The van der Waals surface area contributed by atoms with E-state index >= 15 is 0 Å². The number of hydrogen-bond acceptors (Lipinski definition) is 3. The molecule has 1 aromatic carbocycles. The standard InChI is InChI=1S/C15H13Cl2NOS/c1-2-18-15(13-5-6-14(17)20-13)12-8-9-7-10(16)3-4-11(9)19-12/h3-8,15,18H,2H2,1H3. The summed E-state index contributed by atoms with van der Waals surface area (Å²) in [6, 6.07) is 11.6. The minimum atomic E-state index is 0.0173. The fourth-order valence-corrected chi connectivity index (χ4v) is 3.53. The van der Waals surface area contributed by atoms with Crippen LogP contribution in [0.2, 0.25) is 9.36 Å². The first-order valence-electron chi connectivity index (χ1n) is 6.35. The van der Waals surface area contributed by atoms with Gasteiger partial charge in [-0.15, -0.1) is 11.3 Å². The predicted octanol–water partition coefficient (Wildman–Crippen LogP) is 5.50. The van der Waals surface area contributed by atoms with Crippen LogP contribution in [-0.4, -0.2) is 6.54 Å². The fourth-order valence-electron chi connectivity index (χ4n) is 2.21. The Bertz CT molecular complexity index is 734. The second-order valence-electron chi connectivity index (χ2n) is 4.46. The van der Waals surface area contributed by atoms with Gasteiger partial charge < -0.3 is 9.73 Å². The number of furan rings is 1. The number of fused-ring (bicyclic) bond motifs is 1. The van der Waals surface area contributed by atoms with Gasteiger partial charge >= 0.3 is 0 Å². The smallest absolute Gasteiger partial charge is 0.134 e. The summed E-state index contributed by atoms with van der Waals surface area (Å²) in [4.78, 5) is 1.14. The van der Waals surface area contributed by atoms with Crippen molar-refractivity contribution in [3.8, 4) is 0 Å². The van der Waals surface area contributed by atoms with Gasteiger partial charge in [-0.25, -0.2) is 0 Å². The van der Waals surface area contributed by atoms with Gasteiger partial charge in [-0.2, -0.15) is 0 Å². The molecule has 0 fully saturated rings. The third-order valence-corrected chi connectivity index (χ3v) is 4.60. The van der Waals surface area contributed by atoms with Crippen molar-refractivity contribution >= 4 is 45.5 Å². The van der Waals surface area contributed by atoms with Crippen molar-refractivity contribution in [1.29, 1.82) is 0 Å². The van der Waals surface area contributed by atoms with Crippen LogP contribution in [0.5, 0.6) is 0 Å². The number of hydrogen-bond donors (Lipinski definition) is 1. The van der Waals surface area contributed by atoms with E-state index in [9.17, 15) is 0 Å². The molecule has 0 radical (unpaired) electrons. The molecule has 0 bridgehead atoms. The Kier molecular flexibility index (Phi) is 4.03. The maximum absolute atomic E-state index is 6.03. The molecule has 0 aliphatic heterocycles. The Hall–Kier alpha value is -1.000. The van der Waals surface area contributed by atoms with Crippen LogP contribution in [0.3, 0.4) is 0 Å². The highest BCUT2D eigenvalue weighted by molar-refractivity contribution is 7.16. The second kappa shape index (κ2) is 5.78. The number of nitrogens with one attached hydrogen (secondary N) is 1. The molecule has 2 nitrogen and oxygen atoms in total. The molecule has 3 rings (SSSR count). The van der Waals surface area contributed by atoms with Crippen molar-refractivity contribution in [2.24, 2.45) is 0 Å². The molecule has 0 spiro atoms. The quantitative estimate of drug-likeness (QED) is 0.685. The summed E-state index contributed by atoms with van der Waals surface area (Å²) >= 11 is 13.6. The van der Waals surface area contributed by atoms with E-state index in [2.05, 4.69) is 12.2 Å². The number of thiophene rings is 1. The molecule has 2 heterocycles. The lowest BCUT2D eigenvalue weighted by Crippen LogP contribution is -2.20. The Morgan fingerprint density at radius 2 is 2.05 bits per heavy atom. The lowest BCUT2D eigenvalue weighted by molar-refractivity contribution is 0.481. The first-order chi connectivity index (χ1) is 9.67. The molecule has 1 unspecified atom stereocenters. The molecule has 2 aromatic heterocycles. The van der Waals surface area contributed by atoms with Gasteiger partial charge in [-0.05, 0) is 42.9 Å². The molecule has 20 heavy (non-hydrogen) atoms. The highest BCUT2D eigenvalue weighted by Crippen LogP contribution is 2.34. The summed E-state index contributed by atoms with van der Waals surface area (Å²) in [7, 11) is 0. The molecule has 3 aromatic rings. The van der Waals surface area contributed by atoms with Crippen LogP contribution in [0, 0.1) is 0 Å². The molecule has 0 aliphatic rings. The van der Waals surface area contributed by atoms with Crippen LogP contribution in [0.25, 0.3) is 11.0 Å². The molecule has 1 N–H and O–H groups in total. The average Bonchev–Trinajstić information content (AvgIpc) is 3.01. The van der Waals surface area contributed by atoms with Crippen LogP contribution in [0.15, 0.2) is 40.8 Å². The molecule has 0 amide bonds. The van der Waals surface area contributed by atoms with Crippen LogP contribution in [-0.2, 0) is 0 Å². The van der Waals surface area contributed by atoms with Gasteiger partial charge in [0.1, 0.15) is 17.4 Å². The zero-order valence-corrected chi connectivity index (χ0v) is 13.1. The van der Waals surface area contributed by atoms with E-state index in [0.717, 1.165) is 32.5 Å². The number of rotatable bonds is 4. The maximum Gasteiger partial charge on any atom is 0.134 e. The maximum atomic E-state index is 6.03. The van der Waals surface area contributed by atoms with E-state index in [1.807, 2.05) is 36.4 Å². The Morgan fingerprint density at radius 3 is 2.75 bits per heavy atom. The first-order valence-corrected chi connectivity index (χ1v) is 7.92. The summed E-state index contributed by atoms with van der Waals surface area (Å²) in [6.45, 7) is 2.92. The molecular formula is C15H13Cl2NOS. The van der Waals surface area contributed by atoms with Gasteiger partial charge in [0, 0.05) is 15.3 Å². The third-order valence-electron chi connectivity index (χ3n) is 3.07. The lowest BCUT2D eigenvalue weighted by atomic mass is 10.1. The van der Waals surface area contributed by atoms with Crippen LogP contribution < -0.4 is 5.32 Å². The lowest BCUT2D eigenvalue weighted by Gasteiger charge is -2.13. The summed E-state index contributed by atoms with van der Waals surface area (Å²) in [5.74, 6) is 0.877. The van der Waals surface area contributed by atoms with Gasteiger partial charge in [-0.1, -0.05) is 30.1 Å². The zero-order chi connectivity index (χ0) is 14.1. The van der Waals surface area contributed by atoms with Crippen molar-refractivity contribution < 1.29 is 4.42 Å². The second-order valence-corrected chi connectivity index (χ2v) is 6.65. The van der Waals surface area contributed by atoms with Gasteiger partial charge in [0.15, 0.2) is 0 Å². The Morgan fingerprint density at radius 1 is 1.20 bits per heavy atom. The van der Waals surface area contributed by atoms with E-state index < -0.39 is 0 Å². The molecule has 104 valence electrons. The van der Waals surface area contributed by atoms with Crippen LogP contribution in [0.4, 0.5) is 0 Å². The Balaban J connectivity index is 2.04. The molecule has 0 saturated heterocycles. The van der Waals surface area contributed by atoms with E-state index in [-0.39, 0.29) is 6.04 Å². The molecule has 0 saturated carbocycles. The Labute approximate surface area is 131 Å². The number of halogens is 2. The third kappa shape index (κ3) is 2.72. The molecular weight excluding hydrogens is 313 g/mol. The largest absolute Gasteiger partial charge is 0.459 e. The van der Waals surface area contributed by atoms with E-state index in [0.29, 0.717) is 5.02 Å². The van der Waals surface area contributed by atoms with Gasteiger partial charge in [0.2, 0.25) is 0 Å². The summed E-state index contributed by atoms with van der Waals surface area (Å²) in [5, 5.41) is 5.15. The monoisotopic (exact) mass is 325 g/mol. The zero-order valence-electron chi connectivity index (χ0n) is 10.8. The normalized spacial score (nSPS) is 12.9. The van der Waals surface area contributed by atoms with E-state index in [1.54, 1.807) is 11.3 Å². The molecule has 1 atom stereocenters. The van der Waals surface area contributed by atoms with Crippen LogP contribution >= 0.6 is 34.5 Å². The highest BCUT2D eigenvalue weighted by atomic mass is 35.5. The SMILES string of the molecule is CCNC(c1cc2cc(Cl)ccc2o1)c1ccc(Cl)s1. The predicted molar refractivity (Wildman–Crippen MR) is 86.1 cm³/mol. The fraction of sp³-hybridized carbons (Fsp3) is 0.200. The van der Waals surface area contributed by atoms with Crippen LogP contribution in [0.1, 0.15) is 23.6 Å². The summed E-state index contributed by atoms with van der Waals surface area (Å²) in [5.41, 5.74) is 0.843. The molecule has 0 aliphatic carbocycles. The van der Waals surface area contributed by atoms with Crippen molar-refractivity contribution in [1.82, 2.24) is 5.32 Å². The topological polar surface area (TPSA) is 25.2 Å². The number of benzene rings is 1. The van der Waals surface area contributed by atoms with Crippen molar-refractivity contribution in [2.75, 3.05) is 6.54 Å². The summed E-state index contributed by atoms with van der Waals surface area (Å²) < 4.78 is 6.72. The first kappa shape index (κ1) is 14.0.